The Balaban J connectivity index is 1.47. The Morgan fingerprint density at radius 2 is 1.64 bits per heavy atom. The second-order valence-corrected chi connectivity index (χ2v) is 9.32. The van der Waals surface area contributed by atoms with Crippen molar-refractivity contribution in [2.75, 3.05) is 45.7 Å². The number of likely N-dealkylation sites (N-methyl/N-ethyl adjacent to an activating group) is 1. The summed E-state index contributed by atoms with van der Waals surface area (Å²) in [7, 11) is 3.72. The summed E-state index contributed by atoms with van der Waals surface area (Å²) in [5, 5.41) is 6.54. The molecule has 3 amide bonds. The molecule has 8 heteroatoms. The zero-order chi connectivity index (χ0) is 23.4. The first-order chi connectivity index (χ1) is 15.9. The van der Waals surface area contributed by atoms with E-state index in [0.717, 1.165) is 37.5 Å². The van der Waals surface area contributed by atoms with Gasteiger partial charge in [0, 0.05) is 48.8 Å². The highest BCUT2D eigenvalue weighted by Gasteiger charge is 2.42. The lowest BCUT2D eigenvalue weighted by molar-refractivity contribution is -0.137. The third-order valence-electron chi connectivity index (χ3n) is 6.68. The number of carbonyl (C=O) groups excluding carboxylic acids is 2. The Kier molecular flexibility index (Phi) is 7.40. The van der Waals surface area contributed by atoms with E-state index in [-0.39, 0.29) is 29.8 Å². The number of ether oxygens (including phenoxy) is 1. The lowest BCUT2D eigenvalue weighted by Gasteiger charge is -2.35. The number of anilines is 1. The SMILES string of the molecule is COc1ccc([C@H]2C[C@H](NC(=O)Nc3ccc(Cl)cc3)C[C@@H]2C(=O)N2CCN(C)CC2)cc1. The number of methoxy groups -OCH3 is 1. The van der Waals surface area contributed by atoms with E-state index >= 15 is 0 Å². The highest BCUT2D eigenvalue weighted by atomic mass is 35.5. The largest absolute Gasteiger partial charge is 0.497 e. The lowest BCUT2D eigenvalue weighted by atomic mass is 9.87. The van der Waals surface area contributed by atoms with E-state index in [1.165, 1.54) is 0 Å². The van der Waals surface area contributed by atoms with Gasteiger partial charge in [-0.2, -0.15) is 0 Å². The average molecular weight is 471 g/mol. The number of benzene rings is 2. The van der Waals surface area contributed by atoms with Gasteiger partial charge >= 0.3 is 6.03 Å². The van der Waals surface area contributed by atoms with E-state index < -0.39 is 0 Å². The smallest absolute Gasteiger partial charge is 0.319 e. The predicted octanol–water partition coefficient (Wildman–Crippen LogP) is 3.81. The average Bonchev–Trinajstić information content (AvgIpc) is 3.24. The molecule has 1 saturated carbocycles. The Bertz CT molecular complexity index is 959. The lowest BCUT2D eigenvalue weighted by Crippen LogP contribution is -2.49. The van der Waals surface area contributed by atoms with Gasteiger partial charge in [-0.1, -0.05) is 23.7 Å². The summed E-state index contributed by atoms with van der Waals surface area (Å²) < 4.78 is 5.30. The van der Waals surface area contributed by atoms with E-state index in [9.17, 15) is 9.59 Å². The van der Waals surface area contributed by atoms with Crippen LogP contribution in [0.1, 0.15) is 24.3 Å². The van der Waals surface area contributed by atoms with Crippen LogP contribution in [0.15, 0.2) is 48.5 Å². The Hall–Kier alpha value is -2.77. The quantitative estimate of drug-likeness (QED) is 0.697. The van der Waals surface area contributed by atoms with Gasteiger partial charge in [0.2, 0.25) is 5.91 Å². The fourth-order valence-electron chi connectivity index (χ4n) is 4.80. The maximum absolute atomic E-state index is 13.5. The normalized spacial score (nSPS) is 23.2. The van der Waals surface area contributed by atoms with Crippen LogP contribution in [0.2, 0.25) is 5.02 Å². The van der Waals surface area contributed by atoms with Crippen LogP contribution in [-0.4, -0.2) is 68.1 Å². The molecule has 0 bridgehead atoms. The number of nitrogens with one attached hydrogen (secondary N) is 2. The minimum absolute atomic E-state index is 0.0453. The van der Waals surface area contributed by atoms with Gasteiger partial charge in [-0.25, -0.2) is 4.79 Å². The van der Waals surface area contributed by atoms with Crippen molar-refractivity contribution in [3.63, 3.8) is 0 Å². The number of hydrogen-bond donors (Lipinski definition) is 2. The Morgan fingerprint density at radius 1 is 0.970 bits per heavy atom. The number of urea groups is 1. The molecule has 1 aliphatic carbocycles. The van der Waals surface area contributed by atoms with E-state index in [2.05, 4.69) is 22.6 Å². The van der Waals surface area contributed by atoms with Gasteiger partial charge in [-0.05, 0) is 67.8 Å². The number of hydrogen-bond acceptors (Lipinski definition) is 4. The van der Waals surface area contributed by atoms with Gasteiger partial charge in [-0.3, -0.25) is 4.79 Å². The molecular weight excluding hydrogens is 440 g/mol. The minimum atomic E-state index is -0.275. The fraction of sp³-hybridized carbons (Fsp3) is 0.440. The third kappa shape index (κ3) is 5.78. The van der Waals surface area contributed by atoms with Crippen LogP contribution in [-0.2, 0) is 4.79 Å². The zero-order valence-corrected chi connectivity index (χ0v) is 19.8. The molecule has 2 aromatic carbocycles. The van der Waals surface area contributed by atoms with E-state index in [1.54, 1.807) is 31.4 Å². The summed E-state index contributed by atoms with van der Waals surface area (Å²) in [5.41, 5.74) is 1.78. The number of piperazine rings is 1. The van der Waals surface area contributed by atoms with Crippen LogP contribution in [0.4, 0.5) is 10.5 Å². The Labute approximate surface area is 200 Å². The molecule has 3 atom stereocenters. The fourth-order valence-corrected chi connectivity index (χ4v) is 4.92. The van der Waals surface area contributed by atoms with Crippen molar-refractivity contribution < 1.29 is 14.3 Å². The molecule has 2 aromatic rings. The summed E-state index contributed by atoms with van der Waals surface area (Å²) in [5.74, 6) is 0.855. The molecular formula is C25H31ClN4O3. The first kappa shape index (κ1) is 23.4. The van der Waals surface area contributed by atoms with Crippen LogP contribution in [0.5, 0.6) is 5.75 Å². The molecule has 1 saturated heterocycles. The van der Waals surface area contributed by atoms with Gasteiger partial charge in [0.25, 0.3) is 0 Å². The van der Waals surface area contributed by atoms with Crippen molar-refractivity contribution in [1.82, 2.24) is 15.1 Å². The molecule has 176 valence electrons. The number of rotatable bonds is 5. The molecule has 2 N–H and O–H groups in total. The van der Waals surface area contributed by atoms with E-state index in [4.69, 9.17) is 16.3 Å². The number of carbonyl (C=O) groups is 2. The maximum atomic E-state index is 13.5. The van der Waals surface area contributed by atoms with Gasteiger partial charge in [-0.15, -0.1) is 0 Å². The molecule has 7 nitrogen and oxygen atoms in total. The molecule has 1 aliphatic heterocycles. The zero-order valence-electron chi connectivity index (χ0n) is 19.1. The molecule has 0 radical (unpaired) electrons. The van der Waals surface area contributed by atoms with E-state index in [0.29, 0.717) is 23.6 Å². The van der Waals surface area contributed by atoms with Gasteiger partial charge < -0.3 is 25.2 Å². The number of nitrogens with zero attached hydrogens (tertiary/aromatic N) is 2. The standard InChI is InChI=1S/C25H31ClN4O3/c1-29-11-13-30(14-12-29)24(31)23-16-20(15-22(23)17-3-9-21(33-2)10-4-17)28-25(32)27-19-7-5-18(26)6-8-19/h3-10,20,22-23H,11-16H2,1-2H3,(H2,27,28,32)/t20-,22+,23-/m0/s1. The van der Waals surface area contributed by atoms with Crippen LogP contribution < -0.4 is 15.4 Å². The van der Waals surface area contributed by atoms with Crippen LogP contribution >= 0.6 is 11.6 Å². The number of halogens is 1. The molecule has 0 aromatic heterocycles. The second-order valence-electron chi connectivity index (χ2n) is 8.89. The summed E-state index contributed by atoms with van der Waals surface area (Å²) in [6.07, 6.45) is 1.33. The van der Waals surface area contributed by atoms with E-state index in [1.807, 2.05) is 29.2 Å². The van der Waals surface area contributed by atoms with Crippen molar-refractivity contribution in [3.05, 3.63) is 59.1 Å². The molecule has 2 fully saturated rings. The summed E-state index contributed by atoms with van der Waals surface area (Å²) in [6, 6.07) is 14.5. The van der Waals surface area contributed by atoms with Gasteiger partial charge in [0.1, 0.15) is 5.75 Å². The second kappa shape index (κ2) is 10.4. The molecule has 1 heterocycles. The molecule has 33 heavy (non-hydrogen) atoms. The Morgan fingerprint density at radius 3 is 2.27 bits per heavy atom. The first-order valence-corrected chi connectivity index (χ1v) is 11.7. The van der Waals surface area contributed by atoms with Crippen LogP contribution in [0, 0.1) is 5.92 Å². The van der Waals surface area contributed by atoms with Crippen molar-refractivity contribution >= 4 is 29.2 Å². The maximum Gasteiger partial charge on any atom is 0.319 e. The van der Waals surface area contributed by atoms with Crippen molar-refractivity contribution in [1.29, 1.82) is 0 Å². The highest BCUT2D eigenvalue weighted by molar-refractivity contribution is 6.30. The number of amides is 3. The molecule has 4 rings (SSSR count). The summed E-state index contributed by atoms with van der Waals surface area (Å²) in [6.45, 7) is 3.26. The van der Waals surface area contributed by atoms with Crippen molar-refractivity contribution in [2.24, 2.45) is 5.92 Å². The highest BCUT2D eigenvalue weighted by Crippen LogP contribution is 2.41. The summed E-state index contributed by atoms with van der Waals surface area (Å²) in [4.78, 5) is 30.4. The van der Waals surface area contributed by atoms with Crippen LogP contribution in [0.25, 0.3) is 0 Å². The molecule has 2 aliphatic rings. The van der Waals surface area contributed by atoms with Crippen molar-refractivity contribution in [3.8, 4) is 5.75 Å². The van der Waals surface area contributed by atoms with Crippen LogP contribution in [0.3, 0.4) is 0 Å². The first-order valence-electron chi connectivity index (χ1n) is 11.4. The predicted molar refractivity (Wildman–Crippen MR) is 130 cm³/mol. The third-order valence-corrected chi connectivity index (χ3v) is 6.93. The summed E-state index contributed by atoms with van der Waals surface area (Å²) >= 11 is 5.92. The monoisotopic (exact) mass is 470 g/mol. The topological polar surface area (TPSA) is 73.9 Å². The minimum Gasteiger partial charge on any atom is -0.497 e. The van der Waals surface area contributed by atoms with Gasteiger partial charge in [0.05, 0.1) is 7.11 Å². The molecule has 0 unspecified atom stereocenters. The molecule has 0 spiro atoms. The van der Waals surface area contributed by atoms with Crippen molar-refractivity contribution in [2.45, 2.75) is 24.8 Å². The van der Waals surface area contributed by atoms with Gasteiger partial charge in [0.15, 0.2) is 0 Å².